The number of nitrogens with zero attached hydrogens (tertiary/aromatic N) is 2. The summed E-state index contributed by atoms with van der Waals surface area (Å²) in [7, 11) is 4.62. The Kier molecular flexibility index (Phi) is 7.56. The molecule has 2 aromatic rings. The second-order valence-corrected chi connectivity index (χ2v) is 11.6. The number of aromatic hydroxyl groups is 1. The van der Waals surface area contributed by atoms with Crippen LogP contribution in [-0.2, 0) is 30.4 Å². The van der Waals surface area contributed by atoms with Gasteiger partial charge in [-0.15, -0.1) is 0 Å². The van der Waals surface area contributed by atoms with E-state index in [1.165, 1.54) is 13.1 Å². The molecule has 220 valence electrons. The summed E-state index contributed by atoms with van der Waals surface area (Å²) in [5, 5.41) is 23.4. The number of hydrogen-bond donors (Lipinski definition) is 4. The molecule has 0 bridgehead atoms. The number of primary amides is 1. The number of benzene rings is 2. The lowest BCUT2D eigenvalue weighted by Gasteiger charge is -2.48. The molecule has 2 aromatic carbocycles. The minimum absolute atomic E-state index is 0.0128. The Balaban J connectivity index is 1.51. The molecule has 2 amide bonds. The Bertz CT molecular complexity index is 1520. The summed E-state index contributed by atoms with van der Waals surface area (Å²) in [6.45, 7) is -0.215. The summed E-state index contributed by atoms with van der Waals surface area (Å²) in [5.41, 5.74) is 7.82. The molecule has 5 rings (SSSR count). The number of amides is 2. The second kappa shape index (κ2) is 10.9. The molecule has 0 heterocycles. The lowest BCUT2D eigenvalue weighted by atomic mass is 9.54. The summed E-state index contributed by atoms with van der Waals surface area (Å²) >= 11 is 0. The predicted molar refractivity (Wildman–Crippen MR) is 148 cm³/mol. The normalized spacial score (nSPS) is 27.0. The van der Waals surface area contributed by atoms with Crippen molar-refractivity contribution in [3.8, 4) is 16.9 Å². The molecule has 5 unspecified atom stereocenters. The molecule has 5 N–H and O–H groups in total. The van der Waals surface area contributed by atoms with Crippen LogP contribution in [0.2, 0.25) is 0 Å². The maximum absolute atomic E-state index is 13.9. The van der Waals surface area contributed by atoms with Crippen LogP contribution >= 0.6 is 0 Å². The molecule has 6 atom stereocenters. The number of Topliss-reactive ketones (excluding diaryl/α,β-unsaturated/α-hetero) is 4. The second-order valence-electron chi connectivity index (χ2n) is 11.6. The van der Waals surface area contributed by atoms with E-state index in [4.69, 9.17) is 5.73 Å². The van der Waals surface area contributed by atoms with Crippen LogP contribution in [0.3, 0.4) is 0 Å². The first-order valence-electron chi connectivity index (χ1n) is 13.6. The fourth-order valence-electron chi connectivity index (χ4n) is 7.04. The zero-order chi connectivity index (χ0) is 30.6. The number of phenols is 1. The largest absolute Gasteiger partial charge is 0.507 e. The monoisotopic (exact) mass is 576 g/mol. The summed E-state index contributed by atoms with van der Waals surface area (Å²) in [6.07, 6.45) is 0.463. The molecule has 3 aliphatic carbocycles. The highest BCUT2D eigenvalue weighted by atomic mass is 16.5. The lowest BCUT2D eigenvalue weighted by Crippen LogP contribution is -2.64. The molecule has 3 aliphatic rings. The van der Waals surface area contributed by atoms with Crippen LogP contribution in [0, 0.1) is 29.6 Å². The highest BCUT2D eigenvalue weighted by molar-refractivity contribution is 6.28. The number of rotatable bonds is 6. The SMILES string of the molecule is CN(O)CC(=O)Nc1ccc(-c2ccc(O)c3c2CC2CC4C(C(=O)C(C(N)=O)C(=O)[C@@H]4N(C)C)C(=O)C2C3=O)cc1. The molecule has 0 saturated heterocycles. The first kappa shape index (κ1) is 29.2. The molecule has 2 fully saturated rings. The van der Waals surface area contributed by atoms with Crippen LogP contribution in [0.1, 0.15) is 22.3 Å². The molecule has 0 radical (unpaired) electrons. The number of fused-ring (bicyclic) bond motifs is 3. The molecule has 12 nitrogen and oxygen atoms in total. The van der Waals surface area contributed by atoms with E-state index < -0.39 is 70.6 Å². The summed E-state index contributed by atoms with van der Waals surface area (Å²) in [4.78, 5) is 79.9. The molecule has 0 spiro atoms. The zero-order valence-corrected chi connectivity index (χ0v) is 23.4. The van der Waals surface area contributed by atoms with Crippen molar-refractivity contribution in [3.63, 3.8) is 0 Å². The van der Waals surface area contributed by atoms with Crippen LogP contribution in [0.5, 0.6) is 5.75 Å². The Morgan fingerprint density at radius 1 is 0.952 bits per heavy atom. The van der Waals surface area contributed by atoms with E-state index in [1.54, 1.807) is 49.3 Å². The van der Waals surface area contributed by atoms with Crippen LogP contribution in [0.25, 0.3) is 11.1 Å². The predicted octanol–water partition coefficient (Wildman–Crippen LogP) is 0.679. The smallest absolute Gasteiger partial charge is 0.240 e. The number of anilines is 1. The van der Waals surface area contributed by atoms with Gasteiger partial charge in [0.15, 0.2) is 29.1 Å². The topological polar surface area (TPSA) is 187 Å². The molecule has 12 heteroatoms. The van der Waals surface area contributed by atoms with Crippen LogP contribution in [0.15, 0.2) is 36.4 Å². The third kappa shape index (κ3) is 4.81. The van der Waals surface area contributed by atoms with Crippen LogP contribution < -0.4 is 11.1 Å². The van der Waals surface area contributed by atoms with Crippen molar-refractivity contribution in [1.82, 2.24) is 9.96 Å². The molecule has 0 aliphatic heterocycles. The third-order valence-corrected chi connectivity index (χ3v) is 8.64. The van der Waals surface area contributed by atoms with E-state index in [-0.39, 0.29) is 30.7 Å². The summed E-state index contributed by atoms with van der Waals surface area (Å²) in [6, 6.07) is 8.98. The Morgan fingerprint density at radius 3 is 2.21 bits per heavy atom. The molecule has 0 aromatic heterocycles. The van der Waals surface area contributed by atoms with Crippen molar-refractivity contribution in [2.75, 3.05) is 33.0 Å². The molecular formula is C30H32N4O8. The minimum atomic E-state index is -1.75. The van der Waals surface area contributed by atoms with Crippen molar-refractivity contribution >= 4 is 40.6 Å². The van der Waals surface area contributed by atoms with Crippen molar-refractivity contribution < 1.29 is 39.1 Å². The Morgan fingerprint density at radius 2 is 1.62 bits per heavy atom. The first-order chi connectivity index (χ1) is 19.8. The van der Waals surface area contributed by atoms with Gasteiger partial charge in [0, 0.05) is 12.7 Å². The number of phenolic OH excluding ortho intramolecular Hbond substituents is 1. The van der Waals surface area contributed by atoms with Gasteiger partial charge in [0.25, 0.3) is 0 Å². The van der Waals surface area contributed by atoms with E-state index in [0.717, 1.165) is 5.06 Å². The third-order valence-electron chi connectivity index (χ3n) is 8.64. The van der Waals surface area contributed by atoms with Crippen molar-refractivity contribution in [1.29, 1.82) is 0 Å². The number of likely N-dealkylation sites (N-methyl/N-ethyl adjacent to an activating group) is 2. The van der Waals surface area contributed by atoms with E-state index in [1.807, 2.05) is 0 Å². The van der Waals surface area contributed by atoms with Gasteiger partial charge in [-0.3, -0.25) is 33.7 Å². The maximum atomic E-state index is 13.9. The van der Waals surface area contributed by atoms with E-state index in [0.29, 0.717) is 22.4 Å². The summed E-state index contributed by atoms with van der Waals surface area (Å²) in [5.74, 6) is -10.0. The Hall–Kier alpha value is -4.26. The summed E-state index contributed by atoms with van der Waals surface area (Å²) < 4.78 is 0. The number of ketones is 4. The van der Waals surface area contributed by atoms with Crippen molar-refractivity contribution in [3.05, 3.63) is 47.5 Å². The average Bonchev–Trinajstić information content (AvgIpc) is 2.88. The lowest BCUT2D eigenvalue weighted by molar-refractivity contribution is -0.157. The standard InChI is InChI=1S/C30H32N4O8/c1-33(2)25-18-11-14-10-17-16(13-4-6-15(7-5-13)32-20(36)12-34(3)42)8-9-19(35)22(17)26(37)21(14)27(38)23(18)28(39)24(29(25)40)30(31)41/h4-9,14,18,21,23-25,35,42H,10-12H2,1-3H3,(H2,31,41)(H,32,36)/t14?,18?,21?,23?,24?,25-/m1/s1. The van der Waals surface area contributed by atoms with Gasteiger partial charge in [-0.05, 0) is 73.7 Å². The number of nitrogens with two attached hydrogens (primary N) is 1. The fraction of sp³-hybridized carbons (Fsp3) is 0.400. The highest BCUT2D eigenvalue weighted by Crippen LogP contribution is 2.50. The minimum Gasteiger partial charge on any atom is -0.507 e. The van der Waals surface area contributed by atoms with Gasteiger partial charge in [-0.25, -0.2) is 0 Å². The van der Waals surface area contributed by atoms with E-state index in [9.17, 15) is 39.1 Å². The van der Waals surface area contributed by atoms with Gasteiger partial charge in [-0.1, -0.05) is 18.2 Å². The number of hydroxylamine groups is 2. The quantitative estimate of drug-likeness (QED) is 0.281. The van der Waals surface area contributed by atoms with E-state index >= 15 is 0 Å². The van der Waals surface area contributed by atoms with Gasteiger partial charge in [0.1, 0.15) is 12.3 Å². The van der Waals surface area contributed by atoms with Crippen molar-refractivity contribution in [2.24, 2.45) is 35.3 Å². The zero-order valence-electron chi connectivity index (χ0n) is 23.4. The highest BCUT2D eigenvalue weighted by Gasteiger charge is 2.61. The van der Waals surface area contributed by atoms with Crippen LogP contribution in [0.4, 0.5) is 5.69 Å². The van der Waals surface area contributed by atoms with Crippen LogP contribution in [-0.4, -0.2) is 89.0 Å². The number of hydrogen-bond acceptors (Lipinski definition) is 10. The first-order valence-corrected chi connectivity index (χ1v) is 13.6. The molecular weight excluding hydrogens is 544 g/mol. The van der Waals surface area contributed by atoms with Gasteiger partial charge in [0.05, 0.1) is 23.4 Å². The Labute approximate surface area is 241 Å². The fourth-order valence-corrected chi connectivity index (χ4v) is 7.04. The maximum Gasteiger partial charge on any atom is 0.240 e. The number of nitrogens with one attached hydrogen (secondary N) is 1. The van der Waals surface area contributed by atoms with Gasteiger partial charge >= 0.3 is 0 Å². The van der Waals surface area contributed by atoms with E-state index in [2.05, 4.69) is 5.32 Å². The average molecular weight is 577 g/mol. The van der Waals surface area contributed by atoms with Gasteiger partial charge in [-0.2, -0.15) is 5.06 Å². The van der Waals surface area contributed by atoms with Gasteiger partial charge in [0.2, 0.25) is 11.8 Å². The molecule has 42 heavy (non-hydrogen) atoms. The van der Waals surface area contributed by atoms with Crippen molar-refractivity contribution in [2.45, 2.75) is 18.9 Å². The number of carbonyl (C=O) groups is 6. The molecule has 2 saturated carbocycles. The van der Waals surface area contributed by atoms with Gasteiger partial charge < -0.3 is 21.4 Å². The number of carbonyl (C=O) groups excluding carboxylic acids is 6.